The summed E-state index contributed by atoms with van der Waals surface area (Å²) in [6.45, 7) is 3.76. The monoisotopic (exact) mass is 316 g/mol. The molecule has 1 aromatic rings. The second-order valence-electron chi connectivity index (χ2n) is 4.33. The molecule has 3 nitrogen and oxygen atoms in total. The summed E-state index contributed by atoms with van der Waals surface area (Å²) in [7, 11) is 3.48. The normalized spacial score (nSPS) is 10.8. The Kier molecular flexibility index (Phi) is 5.75. The second kappa shape index (κ2) is 6.85. The lowest BCUT2D eigenvalue weighted by Gasteiger charge is -2.22. The van der Waals surface area contributed by atoms with E-state index in [0.29, 0.717) is 13.1 Å². The molecule has 1 amide bonds. The molecule has 0 radical (unpaired) electrons. The minimum absolute atomic E-state index is 0.0649. The third-order valence-electron chi connectivity index (χ3n) is 2.71. The number of hydrogen-bond acceptors (Lipinski definition) is 2. The molecule has 0 aliphatic heterocycles. The highest BCUT2D eigenvalue weighted by molar-refractivity contribution is 9.10. The highest BCUT2D eigenvalue weighted by Gasteiger charge is 2.12. The largest absolute Gasteiger partial charge is 0.348 e. The quantitative estimate of drug-likeness (QED) is 0.833. The minimum atomic E-state index is -0.266. The smallest absolute Gasteiger partial charge is 0.236 e. The molecule has 100 valence electrons. The van der Waals surface area contributed by atoms with Crippen molar-refractivity contribution < 1.29 is 9.18 Å². The predicted octanol–water partition coefficient (Wildman–Crippen LogP) is 2.50. The van der Waals surface area contributed by atoms with Crippen molar-refractivity contribution in [3.8, 4) is 0 Å². The van der Waals surface area contributed by atoms with Gasteiger partial charge in [0, 0.05) is 25.1 Å². The zero-order valence-corrected chi connectivity index (χ0v) is 12.5. The van der Waals surface area contributed by atoms with Crippen LogP contribution in [0, 0.1) is 5.82 Å². The Labute approximate surface area is 116 Å². The molecule has 1 rings (SSSR count). The number of amides is 1. The summed E-state index contributed by atoms with van der Waals surface area (Å²) in [5.74, 6) is -0.201. The molecule has 0 N–H and O–H groups in total. The molecule has 0 saturated heterocycles. The first-order valence-electron chi connectivity index (χ1n) is 5.80. The molecular weight excluding hydrogens is 299 g/mol. The first-order chi connectivity index (χ1) is 8.43. The van der Waals surface area contributed by atoms with Crippen molar-refractivity contribution in [1.29, 1.82) is 0 Å². The summed E-state index contributed by atoms with van der Waals surface area (Å²) in [4.78, 5) is 15.2. The predicted molar refractivity (Wildman–Crippen MR) is 73.7 cm³/mol. The van der Waals surface area contributed by atoms with Crippen LogP contribution in [0.25, 0.3) is 0 Å². The number of benzene rings is 1. The van der Waals surface area contributed by atoms with Crippen LogP contribution in [0.5, 0.6) is 0 Å². The van der Waals surface area contributed by atoms with Crippen molar-refractivity contribution in [2.24, 2.45) is 0 Å². The molecule has 0 aliphatic carbocycles. The fourth-order valence-electron chi connectivity index (χ4n) is 1.50. The maximum Gasteiger partial charge on any atom is 0.236 e. The Balaban J connectivity index is 2.71. The van der Waals surface area contributed by atoms with Crippen molar-refractivity contribution in [3.05, 3.63) is 34.1 Å². The van der Waals surface area contributed by atoms with E-state index in [4.69, 9.17) is 0 Å². The molecule has 0 bridgehead atoms. The molecule has 0 spiro atoms. The van der Waals surface area contributed by atoms with Crippen LogP contribution in [-0.4, -0.2) is 42.9 Å². The topological polar surface area (TPSA) is 23.6 Å². The van der Waals surface area contributed by atoms with Gasteiger partial charge in [0.2, 0.25) is 5.91 Å². The van der Waals surface area contributed by atoms with Crippen molar-refractivity contribution in [1.82, 2.24) is 9.80 Å². The lowest BCUT2D eigenvalue weighted by atomic mass is 10.2. The van der Waals surface area contributed by atoms with Gasteiger partial charge in [-0.15, -0.1) is 0 Å². The summed E-state index contributed by atoms with van der Waals surface area (Å²) in [6, 6.07) is 4.61. The Bertz CT molecular complexity index is 423. The molecule has 0 heterocycles. The SMILES string of the molecule is CCN(CC(=O)N(C)C)Cc1ccc(F)cc1Br. The second-order valence-corrected chi connectivity index (χ2v) is 5.18. The van der Waals surface area contributed by atoms with E-state index in [2.05, 4.69) is 15.9 Å². The zero-order valence-electron chi connectivity index (χ0n) is 10.9. The van der Waals surface area contributed by atoms with Gasteiger partial charge < -0.3 is 4.90 Å². The first kappa shape index (κ1) is 15.1. The van der Waals surface area contributed by atoms with E-state index in [0.717, 1.165) is 16.6 Å². The van der Waals surface area contributed by atoms with E-state index in [1.54, 1.807) is 25.1 Å². The molecule has 0 saturated carbocycles. The Morgan fingerprint density at radius 1 is 1.39 bits per heavy atom. The molecular formula is C13H18BrFN2O. The highest BCUT2D eigenvalue weighted by Crippen LogP contribution is 2.19. The van der Waals surface area contributed by atoms with Crippen LogP contribution < -0.4 is 0 Å². The fraction of sp³-hybridized carbons (Fsp3) is 0.462. The van der Waals surface area contributed by atoms with Crippen LogP contribution in [0.15, 0.2) is 22.7 Å². The van der Waals surface area contributed by atoms with Crippen LogP contribution in [0.2, 0.25) is 0 Å². The summed E-state index contributed by atoms with van der Waals surface area (Å²) in [5, 5.41) is 0. The molecule has 0 unspecified atom stereocenters. The maximum atomic E-state index is 13.0. The van der Waals surface area contributed by atoms with E-state index in [1.165, 1.54) is 12.1 Å². The Morgan fingerprint density at radius 2 is 2.06 bits per heavy atom. The number of hydrogen-bond donors (Lipinski definition) is 0. The highest BCUT2D eigenvalue weighted by atomic mass is 79.9. The van der Waals surface area contributed by atoms with E-state index >= 15 is 0 Å². The minimum Gasteiger partial charge on any atom is -0.348 e. The lowest BCUT2D eigenvalue weighted by molar-refractivity contribution is -0.130. The van der Waals surface area contributed by atoms with E-state index < -0.39 is 0 Å². The van der Waals surface area contributed by atoms with Crippen LogP contribution >= 0.6 is 15.9 Å². The van der Waals surface area contributed by atoms with Crippen molar-refractivity contribution in [3.63, 3.8) is 0 Å². The number of carbonyl (C=O) groups excluding carboxylic acids is 1. The van der Waals surface area contributed by atoms with Gasteiger partial charge in [0.05, 0.1) is 6.54 Å². The van der Waals surface area contributed by atoms with Crippen LogP contribution in [-0.2, 0) is 11.3 Å². The number of nitrogens with zero attached hydrogens (tertiary/aromatic N) is 2. The number of likely N-dealkylation sites (N-methyl/N-ethyl adjacent to an activating group) is 2. The first-order valence-corrected chi connectivity index (χ1v) is 6.59. The van der Waals surface area contributed by atoms with Gasteiger partial charge >= 0.3 is 0 Å². The van der Waals surface area contributed by atoms with E-state index in [1.807, 2.05) is 11.8 Å². The molecule has 0 aromatic heterocycles. The molecule has 0 fully saturated rings. The van der Waals surface area contributed by atoms with Gasteiger partial charge in [-0.2, -0.15) is 0 Å². The van der Waals surface area contributed by atoms with Gasteiger partial charge in [0.1, 0.15) is 5.82 Å². The number of halogens is 2. The lowest BCUT2D eigenvalue weighted by Crippen LogP contribution is -2.36. The van der Waals surface area contributed by atoms with Crippen molar-refractivity contribution in [2.75, 3.05) is 27.2 Å². The standard InChI is InChI=1S/C13H18BrFN2O/c1-4-17(9-13(18)16(2)3)8-10-5-6-11(15)7-12(10)14/h5-7H,4,8-9H2,1-3H3. The van der Waals surface area contributed by atoms with Gasteiger partial charge in [0.15, 0.2) is 0 Å². The summed E-state index contributed by atoms with van der Waals surface area (Å²) >= 11 is 3.34. The van der Waals surface area contributed by atoms with Crippen LogP contribution in [0.3, 0.4) is 0 Å². The van der Waals surface area contributed by atoms with E-state index in [9.17, 15) is 9.18 Å². The average molecular weight is 317 g/mol. The average Bonchev–Trinajstić information content (AvgIpc) is 2.31. The molecule has 5 heteroatoms. The van der Waals surface area contributed by atoms with Gasteiger partial charge in [0.25, 0.3) is 0 Å². The van der Waals surface area contributed by atoms with Crippen molar-refractivity contribution in [2.45, 2.75) is 13.5 Å². The maximum absolute atomic E-state index is 13.0. The number of rotatable bonds is 5. The van der Waals surface area contributed by atoms with Gasteiger partial charge in [-0.1, -0.05) is 28.9 Å². The third kappa shape index (κ3) is 4.38. The van der Waals surface area contributed by atoms with Gasteiger partial charge in [-0.05, 0) is 24.2 Å². The summed E-state index contributed by atoms with van der Waals surface area (Å²) in [6.07, 6.45) is 0. The van der Waals surface area contributed by atoms with Crippen LogP contribution in [0.1, 0.15) is 12.5 Å². The third-order valence-corrected chi connectivity index (χ3v) is 3.45. The number of carbonyl (C=O) groups is 1. The van der Waals surface area contributed by atoms with Gasteiger partial charge in [-0.3, -0.25) is 9.69 Å². The Hall–Kier alpha value is -0.940. The van der Waals surface area contributed by atoms with E-state index in [-0.39, 0.29) is 11.7 Å². The fourth-order valence-corrected chi connectivity index (χ4v) is 1.98. The zero-order chi connectivity index (χ0) is 13.7. The molecule has 0 atom stereocenters. The molecule has 18 heavy (non-hydrogen) atoms. The van der Waals surface area contributed by atoms with Gasteiger partial charge in [-0.25, -0.2) is 4.39 Å². The molecule has 0 aliphatic rings. The Morgan fingerprint density at radius 3 is 2.56 bits per heavy atom. The summed E-state index contributed by atoms with van der Waals surface area (Å²) in [5.41, 5.74) is 0.977. The van der Waals surface area contributed by atoms with Crippen molar-refractivity contribution >= 4 is 21.8 Å². The molecule has 1 aromatic carbocycles. The van der Waals surface area contributed by atoms with Crippen LogP contribution in [0.4, 0.5) is 4.39 Å². The summed E-state index contributed by atoms with van der Waals surface area (Å²) < 4.78 is 13.7.